The van der Waals surface area contributed by atoms with Crippen molar-refractivity contribution in [2.45, 2.75) is 17.8 Å². The van der Waals surface area contributed by atoms with Crippen molar-refractivity contribution in [1.29, 1.82) is 5.26 Å². The van der Waals surface area contributed by atoms with E-state index in [0.717, 1.165) is 11.3 Å². The summed E-state index contributed by atoms with van der Waals surface area (Å²) in [6, 6.07) is 9.35. The van der Waals surface area contributed by atoms with Gasteiger partial charge in [-0.2, -0.15) is 17.0 Å². The number of benzene rings is 1. The molecule has 1 fully saturated rings. The average molecular weight is 281 g/mol. The van der Waals surface area contributed by atoms with Crippen LogP contribution in [0, 0.1) is 11.3 Å². The highest BCUT2D eigenvalue weighted by molar-refractivity contribution is 7.99. The Hall–Kier alpha value is -1.18. The molecule has 2 rings (SSSR count). The van der Waals surface area contributed by atoms with Crippen LogP contribution in [0.25, 0.3) is 0 Å². The number of rotatable bonds is 3. The second kappa shape index (κ2) is 5.64. The SMILES string of the molecule is N#CC1(NC(=O)c2ccc(CCl)cc2)CCSC1. The summed E-state index contributed by atoms with van der Waals surface area (Å²) in [5.41, 5.74) is 0.836. The molecule has 0 radical (unpaired) electrons. The quantitative estimate of drug-likeness (QED) is 0.866. The molecule has 1 unspecified atom stereocenters. The largest absolute Gasteiger partial charge is 0.333 e. The van der Waals surface area contributed by atoms with Crippen LogP contribution < -0.4 is 5.32 Å². The first-order valence-electron chi connectivity index (χ1n) is 5.65. The second-order valence-electron chi connectivity index (χ2n) is 4.28. The van der Waals surface area contributed by atoms with Gasteiger partial charge in [0.25, 0.3) is 5.91 Å². The molecule has 1 aliphatic heterocycles. The monoisotopic (exact) mass is 280 g/mol. The summed E-state index contributed by atoms with van der Waals surface area (Å²) in [4.78, 5) is 12.1. The first-order valence-corrected chi connectivity index (χ1v) is 7.34. The molecule has 0 aliphatic carbocycles. The lowest BCUT2D eigenvalue weighted by Gasteiger charge is -2.21. The molecule has 1 aromatic carbocycles. The fourth-order valence-electron chi connectivity index (χ4n) is 1.81. The molecule has 18 heavy (non-hydrogen) atoms. The van der Waals surface area contributed by atoms with Gasteiger partial charge in [0.15, 0.2) is 0 Å². The molecule has 1 saturated heterocycles. The molecule has 94 valence electrons. The molecule has 0 saturated carbocycles. The van der Waals surface area contributed by atoms with Crippen molar-refractivity contribution in [1.82, 2.24) is 5.32 Å². The van der Waals surface area contributed by atoms with Crippen molar-refractivity contribution in [2.75, 3.05) is 11.5 Å². The third kappa shape index (κ3) is 2.80. The van der Waals surface area contributed by atoms with Crippen LogP contribution in [-0.2, 0) is 5.88 Å². The van der Waals surface area contributed by atoms with Crippen LogP contribution in [0.4, 0.5) is 0 Å². The van der Waals surface area contributed by atoms with Gasteiger partial charge in [0.05, 0.1) is 6.07 Å². The summed E-state index contributed by atoms with van der Waals surface area (Å²) < 4.78 is 0. The zero-order chi connectivity index (χ0) is 13.0. The highest BCUT2D eigenvalue weighted by Gasteiger charge is 2.36. The molecule has 0 aromatic heterocycles. The van der Waals surface area contributed by atoms with E-state index < -0.39 is 5.54 Å². The number of amides is 1. The van der Waals surface area contributed by atoms with Crippen molar-refractivity contribution in [3.05, 3.63) is 35.4 Å². The van der Waals surface area contributed by atoms with Crippen LogP contribution >= 0.6 is 23.4 Å². The summed E-state index contributed by atoms with van der Waals surface area (Å²) in [6.07, 6.45) is 0.708. The molecule has 1 N–H and O–H groups in total. The number of hydrogen-bond acceptors (Lipinski definition) is 3. The zero-order valence-corrected chi connectivity index (χ0v) is 11.4. The van der Waals surface area contributed by atoms with Crippen LogP contribution in [-0.4, -0.2) is 23.0 Å². The van der Waals surface area contributed by atoms with Gasteiger partial charge in [-0.25, -0.2) is 0 Å². The Balaban J connectivity index is 2.09. The standard InChI is InChI=1S/C13H13ClN2OS/c14-7-10-1-3-11(4-2-10)12(17)16-13(8-15)5-6-18-9-13/h1-4H,5-7,9H2,(H,16,17). The van der Waals surface area contributed by atoms with Gasteiger partial charge >= 0.3 is 0 Å². The maximum absolute atomic E-state index is 12.1. The third-order valence-corrected chi connectivity index (χ3v) is 4.46. The Labute approximate surface area is 116 Å². The molecule has 1 amide bonds. The maximum atomic E-state index is 12.1. The Kier molecular flexibility index (Phi) is 4.15. The van der Waals surface area contributed by atoms with Crippen LogP contribution in [0.1, 0.15) is 22.3 Å². The lowest BCUT2D eigenvalue weighted by Crippen LogP contribution is -2.47. The number of thioether (sulfide) groups is 1. The minimum Gasteiger partial charge on any atom is -0.333 e. The fraction of sp³-hybridized carbons (Fsp3) is 0.385. The van der Waals surface area contributed by atoms with Crippen LogP contribution in [0.3, 0.4) is 0 Å². The van der Waals surface area contributed by atoms with E-state index in [1.807, 2.05) is 12.1 Å². The second-order valence-corrected chi connectivity index (χ2v) is 5.65. The fourth-order valence-corrected chi connectivity index (χ4v) is 3.26. The van der Waals surface area contributed by atoms with Gasteiger partial charge in [-0.05, 0) is 29.9 Å². The number of hydrogen-bond donors (Lipinski definition) is 1. The average Bonchev–Trinajstić information content (AvgIpc) is 2.88. The molecule has 1 aromatic rings. The summed E-state index contributed by atoms with van der Waals surface area (Å²) in [5.74, 6) is 1.81. The van der Waals surface area contributed by atoms with Crippen molar-refractivity contribution in [3.8, 4) is 6.07 Å². The van der Waals surface area contributed by atoms with E-state index in [-0.39, 0.29) is 5.91 Å². The highest BCUT2D eigenvalue weighted by atomic mass is 35.5. The molecule has 0 spiro atoms. The number of nitriles is 1. The molecular formula is C13H13ClN2OS. The van der Waals surface area contributed by atoms with Crippen molar-refractivity contribution in [3.63, 3.8) is 0 Å². The van der Waals surface area contributed by atoms with Gasteiger partial charge in [0.1, 0.15) is 5.54 Å². The van der Waals surface area contributed by atoms with Gasteiger partial charge in [-0.1, -0.05) is 12.1 Å². The molecule has 3 nitrogen and oxygen atoms in total. The van der Waals surface area contributed by atoms with Gasteiger partial charge in [-0.3, -0.25) is 4.79 Å². The highest BCUT2D eigenvalue weighted by Crippen LogP contribution is 2.27. The van der Waals surface area contributed by atoms with Crippen molar-refractivity contribution >= 4 is 29.3 Å². The lowest BCUT2D eigenvalue weighted by molar-refractivity contribution is 0.0926. The van der Waals surface area contributed by atoms with Gasteiger partial charge in [-0.15, -0.1) is 11.6 Å². The summed E-state index contributed by atoms with van der Waals surface area (Å²) in [7, 11) is 0. The van der Waals surface area contributed by atoms with Crippen LogP contribution in [0.5, 0.6) is 0 Å². The molecule has 1 aliphatic rings. The topological polar surface area (TPSA) is 52.9 Å². The number of carbonyl (C=O) groups excluding carboxylic acids is 1. The number of carbonyl (C=O) groups is 1. The lowest BCUT2D eigenvalue weighted by atomic mass is 10.0. The van der Waals surface area contributed by atoms with E-state index in [2.05, 4.69) is 11.4 Å². The minimum absolute atomic E-state index is 0.194. The van der Waals surface area contributed by atoms with E-state index >= 15 is 0 Å². The van der Waals surface area contributed by atoms with E-state index in [1.54, 1.807) is 23.9 Å². The van der Waals surface area contributed by atoms with E-state index in [0.29, 0.717) is 23.6 Å². The predicted octanol–water partition coefficient (Wildman–Crippen LogP) is 2.55. The maximum Gasteiger partial charge on any atom is 0.252 e. The summed E-state index contributed by atoms with van der Waals surface area (Å²) >= 11 is 7.39. The Morgan fingerprint density at radius 1 is 1.50 bits per heavy atom. The minimum atomic E-state index is -0.701. The zero-order valence-electron chi connectivity index (χ0n) is 9.78. The van der Waals surface area contributed by atoms with Gasteiger partial charge in [0.2, 0.25) is 0 Å². The number of nitrogens with one attached hydrogen (secondary N) is 1. The Bertz CT molecular complexity index is 475. The molecule has 0 bridgehead atoms. The summed E-state index contributed by atoms with van der Waals surface area (Å²) in [6.45, 7) is 0. The Morgan fingerprint density at radius 3 is 2.72 bits per heavy atom. The first-order chi connectivity index (χ1) is 8.69. The molecule has 5 heteroatoms. The summed E-state index contributed by atoms with van der Waals surface area (Å²) in [5, 5.41) is 12.0. The number of nitrogens with zero attached hydrogens (tertiary/aromatic N) is 1. The number of halogens is 1. The van der Waals surface area contributed by atoms with Gasteiger partial charge in [0, 0.05) is 17.2 Å². The number of alkyl halides is 1. The van der Waals surface area contributed by atoms with Crippen LogP contribution in [0.15, 0.2) is 24.3 Å². The Morgan fingerprint density at radius 2 is 2.22 bits per heavy atom. The smallest absolute Gasteiger partial charge is 0.252 e. The van der Waals surface area contributed by atoms with Gasteiger partial charge < -0.3 is 5.32 Å². The van der Waals surface area contributed by atoms with Crippen molar-refractivity contribution < 1.29 is 4.79 Å². The first kappa shape index (κ1) is 13.3. The normalized spacial score (nSPS) is 22.4. The van der Waals surface area contributed by atoms with E-state index in [4.69, 9.17) is 11.6 Å². The molecule has 1 heterocycles. The van der Waals surface area contributed by atoms with E-state index in [1.165, 1.54) is 0 Å². The van der Waals surface area contributed by atoms with Crippen LogP contribution in [0.2, 0.25) is 0 Å². The third-order valence-electron chi connectivity index (χ3n) is 2.96. The molecule has 1 atom stereocenters. The van der Waals surface area contributed by atoms with E-state index in [9.17, 15) is 10.1 Å². The predicted molar refractivity (Wildman–Crippen MR) is 73.8 cm³/mol. The molecular weight excluding hydrogens is 268 g/mol. The van der Waals surface area contributed by atoms with Crippen molar-refractivity contribution in [2.24, 2.45) is 0 Å².